The van der Waals surface area contributed by atoms with Crippen LogP contribution in [-0.2, 0) is 14.8 Å². The average molecular weight is 421 g/mol. The van der Waals surface area contributed by atoms with Crippen LogP contribution in [0.1, 0.15) is 20.8 Å². The number of benzene rings is 1. The molecule has 2 rings (SSSR count). The number of phenolic OH excluding ortho intramolecular Hbond substituents is 1. The summed E-state index contributed by atoms with van der Waals surface area (Å²) in [4.78, 5) is 13.4. The highest BCUT2D eigenvalue weighted by atomic mass is 79.9. The van der Waals surface area contributed by atoms with Crippen LogP contribution in [0.2, 0.25) is 0 Å². The van der Waals surface area contributed by atoms with Crippen molar-refractivity contribution in [2.45, 2.75) is 31.3 Å². The van der Waals surface area contributed by atoms with E-state index in [1.165, 1.54) is 21.3 Å². The number of piperazine rings is 1. The first-order valence-electron chi connectivity index (χ1n) is 7.47. The molecule has 24 heavy (non-hydrogen) atoms. The zero-order chi connectivity index (χ0) is 18.1. The van der Waals surface area contributed by atoms with Crippen LogP contribution < -0.4 is 0 Å². The number of carbonyl (C=O) groups is 1. The normalized spacial score (nSPS) is 16.9. The molecule has 1 amide bonds. The number of hydrogen-bond donors (Lipinski definition) is 1. The van der Waals surface area contributed by atoms with Crippen LogP contribution in [0, 0.1) is 0 Å². The van der Waals surface area contributed by atoms with Crippen molar-refractivity contribution in [3.8, 4) is 5.75 Å². The molecule has 1 aliphatic heterocycles. The maximum absolute atomic E-state index is 12.7. The lowest BCUT2D eigenvalue weighted by Gasteiger charge is -2.35. The van der Waals surface area contributed by atoms with Crippen LogP contribution in [0.25, 0.3) is 0 Å². The van der Waals surface area contributed by atoms with Gasteiger partial charge in [-0.1, -0.05) is 15.9 Å². The van der Waals surface area contributed by atoms with Gasteiger partial charge in [-0.3, -0.25) is 0 Å². The molecule has 1 aromatic rings. The lowest BCUT2D eigenvalue weighted by Crippen LogP contribution is -2.51. The highest BCUT2D eigenvalue weighted by molar-refractivity contribution is 9.10. The molecule has 1 saturated heterocycles. The predicted molar refractivity (Wildman–Crippen MR) is 92.4 cm³/mol. The summed E-state index contributed by atoms with van der Waals surface area (Å²) < 4.78 is 32.5. The Morgan fingerprint density at radius 2 is 1.79 bits per heavy atom. The van der Waals surface area contributed by atoms with Crippen LogP contribution in [0.15, 0.2) is 27.6 Å². The summed E-state index contributed by atoms with van der Waals surface area (Å²) in [7, 11) is -3.82. The first-order chi connectivity index (χ1) is 11.0. The monoisotopic (exact) mass is 420 g/mol. The lowest BCUT2D eigenvalue weighted by molar-refractivity contribution is 0.0192. The maximum Gasteiger partial charge on any atom is 0.410 e. The molecule has 1 N–H and O–H groups in total. The minimum Gasteiger partial charge on any atom is -0.507 e. The van der Waals surface area contributed by atoms with E-state index in [-0.39, 0.29) is 36.8 Å². The third kappa shape index (κ3) is 4.40. The van der Waals surface area contributed by atoms with E-state index >= 15 is 0 Å². The van der Waals surface area contributed by atoms with Crippen LogP contribution in [-0.4, -0.2) is 60.6 Å². The summed E-state index contributed by atoms with van der Waals surface area (Å²) in [5.41, 5.74) is -0.595. The first kappa shape index (κ1) is 19.0. The Balaban J connectivity index is 2.09. The third-order valence-electron chi connectivity index (χ3n) is 3.43. The van der Waals surface area contributed by atoms with Gasteiger partial charge in [-0.2, -0.15) is 4.31 Å². The Morgan fingerprint density at radius 3 is 2.33 bits per heavy atom. The number of phenols is 1. The second-order valence-electron chi connectivity index (χ2n) is 6.48. The van der Waals surface area contributed by atoms with Gasteiger partial charge in [-0.05, 0) is 39.0 Å². The van der Waals surface area contributed by atoms with Crippen LogP contribution in [0.3, 0.4) is 0 Å². The number of amides is 1. The highest BCUT2D eigenvalue weighted by Gasteiger charge is 2.33. The zero-order valence-electron chi connectivity index (χ0n) is 13.8. The van der Waals surface area contributed by atoms with Gasteiger partial charge >= 0.3 is 6.09 Å². The number of rotatable bonds is 2. The second-order valence-corrected chi connectivity index (χ2v) is 9.31. The molecule has 1 aliphatic rings. The van der Waals surface area contributed by atoms with E-state index < -0.39 is 21.7 Å². The van der Waals surface area contributed by atoms with Crippen LogP contribution in [0.4, 0.5) is 4.79 Å². The quantitative estimate of drug-likeness (QED) is 0.793. The number of ether oxygens (including phenoxy) is 1. The van der Waals surface area contributed by atoms with E-state index in [1.54, 1.807) is 26.8 Å². The lowest BCUT2D eigenvalue weighted by atomic mass is 10.2. The smallest absolute Gasteiger partial charge is 0.410 e. The second kappa shape index (κ2) is 6.89. The molecular weight excluding hydrogens is 400 g/mol. The molecule has 7 nitrogen and oxygen atoms in total. The molecule has 1 fully saturated rings. The molecule has 0 atom stereocenters. The molecule has 0 spiro atoms. The maximum atomic E-state index is 12.7. The average Bonchev–Trinajstić information content (AvgIpc) is 2.48. The molecular formula is C15H21BrN2O5S. The Hall–Kier alpha value is -1.32. The summed E-state index contributed by atoms with van der Waals surface area (Å²) in [6.07, 6.45) is -0.454. The van der Waals surface area contributed by atoms with E-state index in [1.807, 2.05) is 0 Å². The fourth-order valence-electron chi connectivity index (χ4n) is 2.27. The standard InChI is InChI=1S/C15H21BrN2O5S/c1-15(2,3)23-14(20)17-6-8-18(9-7-17)24(21,22)13-10-11(16)4-5-12(13)19/h4-5,10,19H,6-9H2,1-3H3. The van der Waals surface area contributed by atoms with E-state index in [4.69, 9.17) is 4.74 Å². The number of carbonyl (C=O) groups excluding carboxylic acids is 1. The van der Waals surface area contributed by atoms with Gasteiger partial charge in [-0.15, -0.1) is 0 Å². The van der Waals surface area contributed by atoms with Crippen molar-refractivity contribution in [1.82, 2.24) is 9.21 Å². The van der Waals surface area contributed by atoms with Gasteiger partial charge in [0.1, 0.15) is 16.2 Å². The van der Waals surface area contributed by atoms with E-state index in [9.17, 15) is 18.3 Å². The third-order valence-corrected chi connectivity index (χ3v) is 5.85. The van der Waals surface area contributed by atoms with Crippen molar-refractivity contribution in [2.75, 3.05) is 26.2 Å². The molecule has 0 aromatic heterocycles. The fourth-order valence-corrected chi connectivity index (χ4v) is 4.31. The van der Waals surface area contributed by atoms with Gasteiger partial charge in [0.15, 0.2) is 0 Å². The Morgan fingerprint density at radius 1 is 1.21 bits per heavy atom. The molecule has 0 radical (unpaired) electrons. The van der Waals surface area contributed by atoms with Crippen molar-refractivity contribution < 1.29 is 23.1 Å². The van der Waals surface area contributed by atoms with Crippen molar-refractivity contribution in [1.29, 1.82) is 0 Å². The predicted octanol–water partition coefficient (Wildman–Crippen LogP) is 2.40. The molecule has 0 unspecified atom stereocenters. The summed E-state index contributed by atoms with van der Waals surface area (Å²) in [5, 5.41) is 9.86. The van der Waals surface area contributed by atoms with E-state index in [0.717, 1.165) is 0 Å². The minimum absolute atomic E-state index is 0.146. The molecule has 1 heterocycles. The fraction of sp³-hybridized carbons (Fsp3) is 0.533. The summed E-state index contributed by atoms with van der Waals surface area (Å²) in [5.74, 6) is -0.298. The van der Waals surface area contributed by atoms with Gasteiger partial charge in [0, 0.05) is 30.7 Å². The van der Waals surface area contributed by atoms with Crippen molar-refractivity contribution in [3.63, 3.8) is 0 Å². The van der Waals surface area contributed by atoms with Crippen molar-refractivity contribution in [3.05, 3.63) is 22.7 Å². The molecule has 1 aromatic carbocycles. The Kier molecular flexibility index (Phi) is 5.46. The summed E-state index contributed by atoms with van der Waals surface area (Å²) in [6, 6.07) is 4.26. The number of hydrogen-bond acceptors (Lipinski definition) is 5. The number of nitrogens with zero attached hydrogens (tertiary/aromatic N) is 2. The Bertz CT molecular complexity index is 722. The SMILES string of the molecule is CC(C)(C)OC(=O)N1CCN(S(=O)(=O)c2cc(Br)ccc2O)CC1. The highest BCUT2D eigenvalue weighted by Crippen LogP contribution is 2.29. The van der Waals surface area contributed by atoms with Gasteiger partial charge < -0.3 is 14.7 Å². The molecule has 9 heteroatoms. The van der Waals surface area contributed by atoms with Crippen LogP contribution >= 0.6 is 15.9 Å². The molecule has 0 saturated carbocycles. The van der Waals surface area contributed by atoms with Gasteiger partial charge in [0.25, 0.3) is 0 Å². The molecule has 0 aliphatic carbocycles. The zero-order valence-corrected chi connectivity index (χ0v) is 16.2. The minimum atomic E-state index is -3.82. The molecule has 134 valence electrons. The van der Waals surface area contributed by atoms with Crippen LogP contribution in [0.5, 0.6) is 5.75 Å². The molecule has 0 bridgehead atoms. The van der Waals surface area contributed by atoms with Gasteiger partial charge in [0.05, 0.1) is 0 Å². The first-order valence-corrected chi connectivity index (χ1v) is 9.70. The largest absolute Gasteiger partial charge is 0.507 e. The van der Waals surface area contributed by atoms with Gasteiger partial charge in [0.2, 0.25) is 10.0 Å². The number of halogens is 1. The van der Waals surface area contributed by atoms with E-state index in [2.05, 4.69) is 15.9 Å². The van der Waals surface area contributed by atoms with Gasteiger partial charge in [-0.25, -0.2) is 13.2 Å². The number of aromatic hydroxyl groups is 1. The van der Waals surface area contributed by atoms with Crippen molar-refractivity contribution >= 4 is 32.0 Å². The summed E-state index contributed by atoms with van der Waals surface area (Å²) >= 11 is 3.21. The number of sulfonamides is 1. The topological polar surface area (TPSA) is 87.2 Å². The van der Waals surface area contributed by atoms with Crippen molar-refractivity contribution in [2.24, 2.45) is 0 Å². The van der Waals surface area contributed by atoms with E-state index in [0.29, 0.717) is 4.47 Å². The Labute approximate surface area is 150 Å². The summed E-state index contributed by atoms with van der Waals surface area (Å²) in [6.45, 7) is 6.11.